The molecule has 0 radical (unpaired) electrons. The van der Waals surface area contributed by atoms with E-state index < -0.39 is 4.92 Å². The van der Waals surface area contributed by atoms with E-state index in [2.05, 4.69) is 31.2 Å². The number of rotatable bonds is 4. The Morgan fingerprint density at radius 3 is 3.00 bits per heavy atom. The van der Waals surface area contributed by atoms with Crippen molar-refractivity contribution in [3.05, 3.63) is 42.9 Å². The van der Waals surface area contributed by atoms with E-state index in [-0.39, 0.29) is 11.5 Å². The summed E-state index contributed by atoms with van der Waals surface area (Å²) in [6.45, 7) is 2.33. The number of aromatic nitrogens is 2. The molecular weight excluding hydrogens is 320 g/mol. The third-order valence-corrected chi connectivity index (χ3v) is 3.50. The van der Waals surface area contributed by atoms with Crippen LogP contribution in [0.25, 0.3) is 0 Å². The fraction of sp³-hybridized carbons (Fsp3) is 0.200. The van der Waals surface area contributed by atoms with Gasteiger partial charge >= 0.3 is 5.69 Å². The number of hydrogen-bond acceptors (Lipinski definition) is 6. The smallest absolute Gasteiger partial charge is 0.312 e. The standard InChI is InChI=1S/C10H9BrN4O2S/c1-6-5-18-9(14-6)4-13-10-8(15(16)17)2-7(11)3-12-10/h2-3,5H,4H2,1H3,(H,12,13). The lowest BCUT2D eigenvalue weighted by atomic mass is 10.4. The second-order valence-electron chi connectivity index (χ2n) is 3.51. The largest absolute Gasteiger partial charge is 0.358 e. The van der Waals surface area contributed by atoms with Crippen LogP contribution in [0.1, 0.15) is 10.7 Å². The maximum absolute atomic E-state index is 10.9. The molecule has 8 heteroatoms. The highest BCUT2D eigenvalue weighted by atomic mass is 79.9. The Bertz CT molecular complexity index is 587. The maximum atomic E-state index is 10.9. The molecular formula is C10H9BrN4O2S. The molecule has 0 aliphatic heterocycles. The van der Waals surface area contributed by atoms with E-state index in [0.29, 0.717) is 11.0 Å². The molecule has 0 saturated carbocycles. The molecule has 2 rings (SSSR count). The second-order valence-corrected chi connectivity index (χ2v) is 5.37. The minimum atomic E-state index is -0.465. The Morgan fingerprint density at radius 1 is 1.61 bits per heavy atom. The van der Waals surface area contributed by atoms with E-state index in [0.717, 1.165) is 10.7 Å². The van der Waals surface area contributed by atoms with Crippen molar-refractivity contribution in [3.8, 4) is 0 Å². The van der Waals surface area contributed by atoms with Crippen LogP contribution < -0.4 is 5.32 Å². The zero-order valence-corrected chi connectivity index (χ0v) is 11.8. The summed E-state index contributed by atoms with van der Waals surface area (Å²) >= 11 is 4.66. The summed E-state index contributed by atoms with van der Waals surface area (Å²) < 4.78 is 0.574. The Hall–Kier alpha value is -1.54. The van der Waals surface area contributed by atoms with Crippen LogP contribution >= 0.6 is 27.3 Å². The van der Waals surface area contributed by atoms with Gasteiger partial charge in [0, 0.05) is 27.8 Å². The summed E-state index contributed by atoms with van der Waals surface area (Å²) in [5, 5.41) is 16.6. The fourth-order valence-electron chi connectivity index (χ4n) is 1.35. The van der Waals surface area contributed by atoms with Crippen LogP contribution in [-0.4, -0.2) is 14.9 Å². The fourth-order valence-corrected chi connectivity index (χ4v) is 2.38. The molecule has 94 valence electrons. The molecule has 0 bridgehead atoms. The molecule has 0 aromatic carbocycles. The predicted octanol–water partition coefficient (Wildman–Crippen LogP) is 3.13. The first-order valence-corrected chi connectivity index (χ1v) is 6.68. The van der Waals surface area contributed by atoms with E-state index in [1.165, 1.54) is 23.6 Å². The first kappa shape index (κ1) is 12.9. The molecule has 6 nitrogen and oxygen atoms in total. The van der Waals surface area contributed by atoms with Crippen molar-refractivity contribution in [2.45, 2.75) is 13.5 Å². The number of halogens is 1. The summed E-state index contributed by atoms with van der Waals surface area (Å²) in [4.78, 5) is 18.7. The highest BCUT2D eigenvalue weighted by Gasteiger charge is 2.15. The molecule has 18 heavy (non-hydrogen) atoms. The summed E-state index contributed by atoms with van der Waals surface area (Å²) in [6.07, 6.45) is 1.52. The van der Waals surface area contributed by atoms with Crippen LogP contribution in [0.5, 0.6) is 0 Å². The van der Waals surface area contributed by atoms with E-state index in [1.54, 1.807) is 0 Å². The molecule has 2 heterocycles. The molecule has 0 aliphatic carbocycles. The first-order valence-electron chi connectivity index (χ1n) is 5.01. The maximum Gasteiger partial charge on any atom is 0.312 e. The number of thiazole rings is 1. The van der Waals surface area contributed by atoms with E-state index in [1.807, 2.05) is 12.3 Å². The number of anilines is 1. The highest BCUT2D eigenvalue weighted by Crippen LogP contribution is 2.25. The van der Waals surface area contributed by atoms with Crippen molar-refractivity contribution in [2.75, 3.05) is 5.32 Å². The normalized spacial score (nSPS) is 10.3. The SMILES string of the molecule is Cc1csc(CNc2ncc(Br)cc2[N+](=O)[O-])n1. The van der Waals surface area contributed by atoms with Crippen LogP contribution in [0, 0.1) is 17.0 Å². The molecule has 1 N–H and O–H groups in total. The summed E-state index contributed by atoms with van der Waals surface area (Å²) in [5.74, 6) is 0.246. The average molecular weight is 329 g/mol. The number of aryl methyl sites for hydroxylation is 1. The van der Waals surface area contributed by atoms with Crippen LogP contribution in [0.2, 0.25) is 0 Å². The second kappa shape index (κ2) is 5.40. The molecule has 0 aliphatic rings. The average Bonchev–Trinajstić information content (AvgIpc) is 2.73. The van der Waals surface area contributed by atoms with Gasteiger partial charge < -0.3 is 5.32 Å². The van der Waals surface area contributed by atoms with Crippen LogP contribution in [0.3, 0.4) is 0 Å². The van der Waals surface area contributed by atoms with E-state index in [4.69, 9.17) is 0 Å². The Kier molecular flexibility index (Phi) is 3.87. The lowest BCUT2D eigenvalue weighted by Gasteiger charge is -2.04. The third kappa shape index (κ3) is 3.02. The number of nitro groups is 1. The van der Waals surface area contributed by atoms with Crippen molar-refractivity contribution in [1.29, 1.82) is 0 Å². The van der Waals surface area contributed by atoms with Gasteiger partial charge in [0.25, 0.3) is 0 Å². The molecule has 0 fully saturated rings. The highest BCUT2D eigenvalue weighted by molar-refractivity contribution is 9.10. The minimum Gasteiger partial charge on any atom is -0.358 e. The Morgan fingerprint density at radius 2 is 2.39 bits per heavy atom. The molecule has 0 unspecified atom stereocenters. The quantitative estimate of drug-likeness (QED) is 0.688. The summed E-state index contributed by atoms with van der Waals surface area (Å²) in [7, 11) is 0. The van der Waals surface area contributed by atoms with Crippen LogP contribution in [-0.2, 0) is 6.54 Å². The molecule has 2 aromatic heterocycles. The monoisotopic (exact) mass is 328 g/mol. The van der Waals surface area contributed by atoms with Gasteiger partial charge in [0.1, 0.15) is 5.01 Å². The minimum absolute atomic E-state index is 0.0577. The van der Waals surface area contributed by atoms with Gasteiger partial charge in [0.2, 0.25) is 5.82 Å². The lowest BCUT2D eigenvalue weighted by Crippen LogP contribution is -2.04. The lowest BCUT2D eigenvalue weighted by molar-refractivity contribution is -0.384. The van der Waals surface area contributed by atoms with Gasteiger partial charge in [-0.2, -0.15) is 0 Å². The van der Waals surface area contributed by atoms with Crippen LogP contribution in [0.4, 0.5) is 11.5 Å². The van der Waals surface area contributed by atoms with E-state index >= 15 is 0 Å². The predicted molar refractivity (Wildman–Crippen MR) is 72.8 cm³/mol. The molecule has 0 spiro atoms. The zero-order chi connectivity index (χ0) is 13.1. The first-order chi connectivity index (χ1) is 8.56. The van der Waals surface area contributed by atoms with Crippen molar-refractivity contribution in [2.24, 2.45) is 0 Å². The van der Waals surface area contributed by atoms with Gasteiger partial charge in [-0.05, 0) is 22.9 Å². The zero-order valence-electron chi connectivity index (χ0n) is 9.38. The van der Waals surface area contributed by atoms with Crippen molar-refractivity contribution in [1.82, 2.24) is 9.97 Å². The summed E-state index contributed by atoms with van der Waals surface area (Å²) in [6, 6.07) is 1.42. The van der Waals surface area contributed by atoms with Crippen molar-refractivity contribution >= 4 is 38.8 Å². The van der Waals surface area contributed by atoms with Gasteiger partial charge in [0.05, 0.1) is 11.5 Å². The van der Waals surface area contributed by atoms with E-state index in [9.17, 15) is 10.1 Å². The van der Waals surface area contributed by atoms with Crippen LogP contribution in [0.15, 0.2) is 22.1 Å². The number of pyridine rings is 1. The van der Waals surface area contributed by atoms with Crippen molar-refractivity contribution in [3.63, 3.8) is 0 Å². The van der Waals surface area contributed by atoms with Gasteiger partial charge in [0.15, 0.2) is 0 Å². The molecule has 0 amide bonds. The topological polar surface area (TPSA) is 81.0 Å². The molecule has 2 aromatic rings. The number of nitrogens with zero attached hydrogens (tertiary/aromatic N) is 3. The Labute approximate surface area is 115 Å². The van der Waals surface area contributed by atoms with Gasteiger partial charge in [-0.25, -0.2) is 9.97 Å². The third-order valence-electron chi connectivity index (χ3n) is 2.10. The Balaban J connectivity index is 2.16. The van der Waals surface area contributed by atoms with Gasteiger partial charge in [-0.3, -0.25) is 10.1 Å². The number of nitrogens with one attached hydrogen (secondary N) is 1. The van der Waals surface area contributed by atoms with Gasteiger partial charge in [-0.1, -0.05) is 0 Å². The van der Waals surface area contributed by atoms with Gasteiger partial charge in [-0.15, -0.1) is 11.3 Å². The summed E-state index contributed by atoms with van der Waals surface area (Å²) in [5.41, 5.74) is 0.882. The van der Waals surface area contributed by atoms with Crippen molar-refractivity contribution < 1.29 is 4.92 Å². The number of hydrogen-bond donors (Lipinski definition) is 1. The molecule has 0 saturated heterocycles. The molecule has 0 atom stereocenters.